The van der Waals surface area contributed by atoms with Crippen molar-refractivity contribution >= 4 is 55.6 Å². The number of hydrogen-bond donors (Lipinski definition) is 1. The van der Waals surface area contributed by atoms with Gasteiger partial charge in [-0.05, 0) is 35.2 Å². The van der Waals surface area contributed by atoms with Crippen molar-refractivity contribution in [2.24, 2.45) is 5.73 Å². The molecule has 0 aliphatic rings. The number of benzene rings is 1. The molecule has 1 atom stereocenters. The summed E-state index contributed by atoms with van der Waals surface area (Å²) in [5.74, 6) is 0. The van der Waals surface area contributed by atoms with Crippen LogP contribution in [0.4, 0.5) is 0 Å². The molecule has 0 amide bonds. The van der Waals surface area contributed by atoms with Crippen LogP contribution in [0.5, 0.6) is 0 Å². The number of rotatable bonds is 2. The van der Waals surface area contributed by atoms with Gasteiger partial charge in [0.1, 0.15) is 0 Å². The van der Waals surface area contributed by atoms with Gasteiger partial charge in [0, 0.05) is 13.8 Å². The molecule has 0 spiro atoms. The van der Waals surface area contributed by atoms with Crippen LogP contribution in [0.15, 0.2) is 44.7 Å². The van der Waals surface area contributed by atoms with Gasteiger partial charge in [-0.1, -0.05) is 37.9 Å². The van der Waals surface area contributed by atoms with Crippen LogP contribution in [0.1, 0.15) is 16.5 Å². The Bertz CT molecular complexity index is 439. The van der Waals surface area contributed by atoms with E-state index in [4.69, 9.17) is 5.73 Å². The lowest BCUT2D eigenvalue weighted by Gasteiger charge is -2.11. The van der Waals surface area contributed by atoms with Gasteiger partial charge in [0.2, 0.25) is 0 Å². The van der Waals surface area contributed by atoms with Crippen LogP contribution in [-0.4, -0.2) is 0 Å². The van der Waals surface area contributed by atoms with Crippen LogP contribution in [0.25, 0.3) is 0 Å². The van der Waals surface area contributed by atoms with Gasteiger partial charge in [0.15, 0.2) is 0 Å². The Morgan fingerprint density at radius 1 is 1.12 bits per heavy atom. The monoisotopic (exact) mass is 381 g/mol. The molecule has 2 N–H and O–H groups in total. The van der Waals surface area contributed by atoms with Crippen molar-refractivity contribution in [2.75, 3.05) is 0 Å². The highest BCUT2D eigenvalue weighted by molar-refractivity contribution is 9.11. The predicted octanol–water partition coefficient (Wildman–Crippen LogP) is 4.74. The van der Waals surface area contributed by atoms with Crippen molar-refractivity contribution in [3.05, 3.63) is 55.1 Å². The topological polar surface area (TPSA) is 26.0 Å². The van der Waals surface area contributed by atoms with E-state index in [9.17, 15) is 0 Å². The van der Waals surface area contributed by atoms with Gasteiger partial charge in [-0.2, -0.15) is 0 Å². The fourth-order valence-electron chi connectivity index (χ4n) is 1.39. The smallest absolute Gasteiger partial charge is 0.0646 e. The first-order valence-corrected chi connectivity index (χ1v) is 6.88. The maximum atomic E-state index is 6.17. The second-order valence-corrected chi connectivity index (χ2v) is 6.01. The fraction of sp³-hybridized carbons (Fsp3) is 0.0909. The first kappa shape index (κ1) is 14.2. The molecule has 0 saturated carbocycles. The summed E-state index contributed by atoms with van der Waals surface area (Å²) in [6, 6.07) is 10.1. The van der Waals surface area contributed by atoms with E-state index < -0.39 is 0 Å². The minimum Gasteiger partial charge on any atom is -0.320 e. The quantitative estimate of drug-likeness (QED) is 0.796. The number of halogens is 3. The lowest BCUT2D eigenvalue weighted by Crippen LogP contribution is -2.10. The molecular formula is C11H10Br2ClNS. The first-order chi connectivity index (χ1) is 7.16. The molecule has 1 heterocycles. The maximum Gasteiger partial charge on any atom is 0.0646 e. The van der Waals surface area contributed by atoms with Crippen molar-refractivity contribution in [2.45, 2.75) is 6.04 Å². The average molecular weight is 384 g/mol. The van der Waals surface area contributed by atoms with Crippen molar-refractivity contribution in [3.8, 4) is 0 Å². The van der Waals surface area contributed by atoms with E-state index in [1.165, 1.54) is 4.88 Å². The van der Waals surface area contributed by atoms with Crippen molar-refractivity contribution in [3.63, 3.8) is 0 Å². The van der Waals surface area contributed by atoms with Gasteiger partial charge >= 0.3 is 0 Å². The van der Waals surface area contributed by atoms with Gasteiger partial charge in [0.05, 0.1) is 6.04 Å². The summed E-state index contributed by atoms with van der Waals surface area (Å²) in [5, 5.41) is 2.04. The summed E-state index contributed by atoms with van der Waals surface area (Å²) in [6.45, 7) is 0. The standard InChI is InChI=1S/C11H9Br2NS.ClH/c12-8-4-7(5-9(13)6-8)11(14)10-2-1-3-15-10;/h1-6,11H,14H2;1H/t11-;/m0./s1. The second kappa shape index (κ2) is 6.17. The van der Waals surface area contributed by atoms with E-state index in [1.807, 2.05) is 17.5 Å². The molecule has 2 rings (SSSR count). The summed E-state index contributed by atoms with van der Waals surface area (Å²) >= 11 is 8.61. The zero-order valence-electron chi connectivity index (χ0n) is 8.19. The molecule has 16 heavy (non-hydrogen) atoms. The SMILES string of the molecule is Cl.N[C@@H](c1cc(Br)cc(Br)c1)c1cccs1. The Hall–Kier alpha value is 0.130. The van der Waals surface area contributed by atoms with Gasteiger partial charge in [-0.25, -0.2) is 0 Å². The van der Waals surface area contributed by atoms with E-state index in [-0.39, 0.29) is 18.4 Å². The van der Waals surface area contributed by atoms with Gasteiger partial charge in [-0.3, -0.25) is 0 Å². The third-order valence-corrected chi connectivity index (χ3v) is 3.96. The maximum absolute atomic E-state index is 6.17. The van der Waals surface area contributed by atoms with E-state index >= 15 is 0 Å². The Labute approximate surface area is 122 Å². The molecule has 1 aromatic carbocycles. The largest absolute Gasteiger partial charge is 0.320 e. The molecule has 0 radical (unpaired) electrons. The average Bonchev–Trinajstić information content (AvgIpc) is 2.67. The van der Waals surface area contributed by atoms with Crippen LogP contribution in [0, 0.1) is 0 Å². The molecule has 86 valence electrons. The molecule has 1 nitrogen and oxygen atoms in total. The Kier molecular flexibility index (Phi) is 5.47. The fourth-order valence-corrected chi connectivity index (χ4v) is 3.47. The molecule has 1 aromatic heterocycles. The van der Waals surface area contributed by atoms with E-state index in [1.54, 1.807) is 11.3 Å². The van der Waals surface area contributed by atoms with Crippen molar-refractivity contribution in [1.82, 2.24) is 0 Å². The third kappa shape index (κ3) is 3.31. The lowest BCUT2D eigenvalue weighted by atomic mass is 10.1. The molecule has 0 bridgehead atoms. The molecule has 0 aliphatic carbocycles. The van der Waals surface area contributed by atoms with E-state index in [0.29, 0.717) is 0 Å². The van der Waals surface area contributed by atoms with Crippen LogP contribution >= 0.6 is 55.6 Å². The molecule has 0 saturated heterocycles. The van der Waals surface area contributed by atoms with Gasteiger partial charge in [0.25, 0.3) is 0 Å². The highest BCUT2D eigenvalue weighted by atomic mass is 79.9. The Morgan fingerprint density at radius 3 is 2.25 bits per heavy atom. The van der Waals surface area contributed by atoms with Crippen molar-refractivity contribution < 1.29 is 0 Å². The highest BCUT2D eigenvalue weighted by Crippen LogP contribution is 2.28. The first-order valence-electron chi connectivity index (χ1n) is 4.42. The zero-order chi connectivity index (χ0) is 10.8. The Balaban J connectivity index is 0.00000128. The summed E-state index contributed by atoms with van der Waals surface area (Å²) in [5.41, 5.74) is 7.28. The minimum atomic E-state index is -0.0428. The molecule has 0 unspecified atom stereocenters. The lowest BCUT2D eigenvalue weighted by molar-refractivity contribution is 0.891. The second-order valence-electron chi connectivity index (χ2n) is 3.20. The highest BCUT2D eigenvalue weighted by Gasteiger charge is 2.10. The minimum absolute atomic E-state index is 0. The summed E-state index contributed by atoms with van der Waals surface area (Å²) in [6.07, 6.45) is 0. The van der Waals surface area contributed by atoms with E-state index in [0.717, 1.165) is 14.5 Å². The number of nitrogens with two attached hydrogens (primary N) is 1. The molecule has 0 fully saturated rings. The normalized spacial score (nSPS) is 11.9. The van der Waals surface area contributed by atoms with E-state index in [2.05, 4.69) is 50.1 Å². The third-order valence-electron chi connectivity index (χ3n) is 2.09. The molecule has 2 aromatic rings. The van der Waals surface area contributed by atoms with Crippen LogP contribution in [0.3, 0.4) is 0 Å². The van der Waals surface area contributed by atoms with Crippen LogP contribution in [0.2, 0.25) is 0 Å². The van der Waals surface area contributed by atoms with Crippen LogP contribution < -0.4 is 5.73 Å². The zero-order valence-corrected chi connectivity index (χ0v) is 13.0. The summed E-state index contributed by atoms with van der Waals surface area (Å²) in [7, 11) is 0. The predicted molar refractivity (Wildman–Crippen MR) is 79.4 cm³/mol. The van der Waals surface area contributed by atoms with Crippen LogP contribution in [-0.2, 0) is 0 Å². The number of thiophene rings is 1. The molecule has 5 heteroatoms. The van der Waals surface area contributed by atoms with Gasteiger partial charge < -0.3 is 5.73 Å². The Morgan fingerprint density at radius 2 is 1.75 bits per heavy atom. The van der Waals surface area contributed by atoms with Gasteiger partial charge in [-0.15, -0.1) is 23.7 Å². The van der Waals surface area contributed by atoms with Crippen molar-refractivity contribution in [1.29, 1.82) is 0 Å². The number of hydrogen-bond acceptors (Lipinski definition) is 2. The molecule has 0 aliphatic heterocycles. The summed E-state index contributed by atoms with van der Waals surface area (Å²) < 4.78 is 2.08. The summed E-state index contributed by atoms with van der Waals surface area (Å²) in [4.78, 5) is 1.18. The molecular weight excluding hydrogens is 373 g/mol.